The number of aliphatic hydroxyl groups excluding tert-OH is 1. The molecule has 1 aromatic carbocycles. The number of nitrogens with zero attached hydrogens (tertiary/aromatic N) is 1. The Labute approximate surface area is 120 Å². The highest BCUT2D eigenvalue weighted by Crippen LogP contribution is 2.38. The van der Waals surface area contributed by atoms with Crippen LogP contribution < -0.4 is 4.90 Å². The number of thiophene rings is 1. The fraction of sp³-hybridized carbons (Fsp3) is 0.333. The van der Waals surface area contributed by atoms with Gasteiger partial charge in [0.15, 0.2) is 0 Å². The van der Waals surface area contributed by atoms with Gasteiger partial charge in [0.1, 0.15) is 17.3 Å². The third-order valence-corrected chi connectivity index (χ3v) is 4.82. The second-order valence-corrected chi connectivity index (χ2v) is 5.99. The molecule has 1 atom stereocenters. The van der Waals surface area contributed by atoms with Crippen LogP contribution in [-0.2, 0) is 13.0 Å². The van der Waals surface area contributed by atoms with Crippen molar-refractivity contribution in [2.75, 3.05) is 11.4 Å². The number of rotatable bonds is 2. The highest BCUT2D eigenvalue weighted by Gasteiger charge is 2.28. The summed E-state index contributed by atoms with van der Waals surface area (Å²) in [5, 5.41) is 11.0. The van der Waals surface area contributed by atoms with Gasteiger partial charge in [-0.3, -0.25) is 0 Å². The molecular formula is C15H15F2NOS. The number of hydrogen-bond donors (Lipinski definition) is 1. The molecule has 3 rings (SSSR count). The summed E-state index contributed by atoms with van der Waals surface area (Å²) < 4.78 is 28.3. The van der Waals surface area contributed by atoms with Gasteiger partial charge in [-0.25, -0.2) is 8.78 Å². The second-order valence-electron chi connectivity index (χ2n) is 4.98. The van der Waals surface area contributed by atoms with Crippen molar-refractivity contribution in [3.63, 3.8) is 0 Å². The van der Waals surface area contributed by atoms with Crippen LogP contribution in [0.1, 0.15) is 29.0 Å². The Bertz CT molecular complexity index is 618. The first-order chi connectivity index (χ1) is 9.61. The normalized spacial score (nSPS) is 18.2. The summed E-state index contributed by atoms with van der Waals surface area (Å²) in [6, 6.07) is 4.38. The molecule has 0 fully saturated rings. The van der Waals surface area contributed by atoms with Gasteiger partial charge in [0.25, 0.3) is 0 Å². The van der Waals surface area contributed by atoms with Crippen LogP contribution in [0.2, 0.25) is 0 Å². The molecule has 0 spiro atoms. The van der Waals surface area contributed by atoms with E-state index in [1.807, 2.05) is 18.4 Å². The van der Waals surface area contributed by atoms with Crippen molar-refractivity contribution in [1.82, 2.24) is 0 Å². The minimum absolute atomic E-state index is 0.00606. The average molecular weight is 295 g/mol. The Morgan fingerprint density at radius 1 is 1.35 bits per heavy atom. The highest BCUT2D eigenvalue weighted by atomic mass is 32.1. The van der Waals surface area contributed by atoms with Gasteiger partial charge in [-0.2, -0.15) is 0 Å². The Morgan fingerprint density at radius 3 is 2.70 bits per heavy atom. The summed E-state index contributed by atoms with van der Waals surface area (Å²) in [6.45, 7) is 2.20. The molecule has 2 aromatic rings. The first-order valence-electron chi connectivity index (χ1n) is 6.53. The Morgan fingerprint density at radius 2 is 2.05 bits per heavy atom. The smallest absolute Gasteiger partial charge is 0.149 e. The molecule has 1 unspecified atom stereocenters. The van der Waals surface area contributed by atoms with Crippen LogP contribution in [0.15, 0.2) is 23.6 Å². The standard InChI is InChI=1S/C15H15F2NOS/c1-9-11-3-5-20-14(11)2-4-18(9)15-12(16)6-10(8-19)7-13(15)17/h3,5-7,9,19H,2,4,8H2,1H3. The Kier molecular flexibility index (Phi) is 3.48. The Balaban J connectivity index is 2.02. The van der Waals surface area contributed by atoms with Crippen molar-refractivity contribution in [3.8, 4) is 0 Å². The SMILES string of the molecule is CC1c2ccsc2CCN1c1c(F)cc(CO)cc1F. The van der Waals surface area contributed by atoms with E-state index < -0.39 is 11.6 Å². The van der Waals surface area contributed by atoms with Crippen LogP contribution >= 0.6 is 11.3 Å². The number of benzene rings is 1. The zero-order chi connectivity index (χ0) is 14.3. The summed E-state index contributed by atoms with van der Waals surface area (Å²) >= 11 is 1.69. The van der Waals surface area contributed by atoms with Gasteiger partial charge >= 0.3 is 0 Å². The molecule has 0 bridgehead atoms. The van der Waals surface area contributed by atoms with Crippen molar-refractivity contribution in [2.24, 2.45) is 0 Å². The van der Waals surface area contributed by atoms with Crippen molar-refractivity contribution in [3.05, 3.63) is 51.2 Å². The van der Waals surface area contributed by atoms with Crippen molar-refractivity contribution < 1.29 is 13.9 Å². The number of hydrogen-bond acceptors (Lipinski definition) is 3. The van der Waals surface area contributed by atoms with E-state index in [1.54, 1.807) is 16.2 Å². The van der Waals surface area contributed by atoms with Crippen molar-refractivity contribution in [1.29, 1.82) is 0 Å². The minimum atomic E-state index is -0.612. The topological polar surface area (TPSA) is 23.5 Å². The van der Waals surface area contributed by atoms with Crippen LogP contribution in [0.25, 0.3) is 0 Å². The molecule has 1 N–H and O–H groups in total. The number of anilines is 1. The number of halogens is 2. The molecule has 1 aromatic heterocycles. The lowest BCUT2D eigenvalue weighted by Crippen LogP contribution is -2.34. The number of fused-ring (bicyclic) bond motifs is 1. The first-order valence-corrected chi connectivity index (χ1v) is 7.41. The maximum Gasteiger partial charge on any atom is 0.149 e. The molecule has 5 heteroatoms. The monoisotopic (exact) mass is 295 g/mol. The van der Waals surface area contributed by atoms with Gasteiger partial charge in [0.2, 0.25) is 0 Å². The Hall–Kier alpha value is -1.46. The first kappa shape index (κ1) is 13.5. The summed E-state index contributed by atoms with van der Waals surface area (Å²) in [5.74, 6) is -1.22. The molecule has 2 heterocycles. The van der Waals surface area contributed by atoms with E-state index in [9.17, 15) is 8.78 Å². The third kappa shape index (κ3) is 2.11. The molecule has 0 radical (unpaired) electrons. The molecule has 2 nitrogen and oxygen atoms in total. The van der Waals surface area contributed by atoms with E-state index in [2.05, 4.69) is 0 Å². The maximum atomic E-state index is 14.2. The summed E-state index contributed by atoms with van der Waals surface area (Å²) in [5.41, 5.74) is 1.41. The van der Waals surface area contributed by atoms with E-state index >= 15 is 0 Å². The largest absolute Gasteiger partial charge is 0.392 e. The van der Waals surface area contributed by atoms with Crippen LogP contribution in [0.3, 0.4) is 0 Å². The van der Waals surface area contributed by atoms with Gasteiger partial charge in [-0.05, 0) is 48.1 Å². The maximum absolute atomic E-state index is 14.2. The molecular weight excluding hydrogens is 280 g/mol. The molecule has 0 saturated carbocycles. The highest BCUT2D eigenvalue weighted by molar-refractivity contribution is 7.10. The molecule has 0 aliphatic carbocycles. The third-order valence-electron chi connectivity index (χ3n) is 3.82. The van der Waals surface area contributed by atoms with Gasteiger partial charge in [0.05, 0.1) is 12.6 Å². The lowest BCUT2D eigenvalue weighted by molar-refractivity contribution is 0.280. The molecule has 1 aliphatic rings. The van der Waals surface area contributed by atoms with Crippen LogP contribution in [0.5, 0.6) is 0 Å². The van der Waals surface area contributed by atoms with E-state index in [1.165, 1.54) is 17.0 Å². The number of aliphatic hydroxyl groups is 1. The van der Waals surface area contributed by atoms with E-state index in [-0.39, 0.29) is 23.9 Å². The van der Waals surface area contributed by atoms with Gasteiger partial charge in [0, 0.05) is 11.4 Å². The molecule has 20 heavy (non-hydrogen) atoms. The van der Waals surface area contributed by atoms with E-state index in [0.29, 0.717) is 6.54 Å². The van der Waals surface area contributed by atoms with Crippen molar-refractivity contribution >= 4 is 17.0 Å². The predicted octanol–water partition coefficient (Wildman–Crippen LogP) is 3.64. The summed E-state index contributed by atoms with van der Waals surface area (Å²) in [7, 11) is 0. The van der Waals surface area contributed by atoms with Gasteiger partial charge in [-0.15, -0.1) is 11.3 Å². The van der Waals surface area contributed by atoms with Crippen LogP contribution in [0.4, 0.5) is 14.5 Å². The second kappa shape index (κ2) is 5.14. The summed E-state index contributed by atoms with van der Waals surface area (Å²) in [6.07, 6.45) is 0.804. The molecule has 1 aliphatic heterocycles. The van der Waals surface area contributed by atoms with E-state index in [4.69, 9.17) is 5.11 Å². The molecule has 0 saturated heterocycles. The van der Waals surface area contributed by atoms with E-state index in [0.717, 1.165) is 12.0 Å². The van der Waals surface area contributed by atoms with Crippen molar-refractivity contribution in [2.45, 2.75) is 26.0 Å². The zero-order valence-electron chi connectivity index (χ0n) is 11.1. The van der Waals surface area contributed by atoms with Crippen LogP contribution in [0, 0.1) is 11.6 Å². The predicted molar refractivity (Wildman–Crippen MR) is 76.1 cm³/mol. The quantitative estimate of drug-likeness (QED) is 0.914. The van der Waals surface area contributed by atoms with Gasteiger partial charge in [-0.1, -0.05) is 0 Å². The lowest BCUT2D eigenvalue weighted by Gasteiger charge is -2.36. The minimum Gasteiger partial charge on any atom is -0.392 e. The van der Waals surface area contributed by atoms with Gasteiger partial charge < -0.3 is 10.0 Å². The van der Waals surface area contributed by atoms with Crippen LogP contribution in [-0.4, -0.2) is 11.7 Å². The fourth-order valence-corrected chi connectivity index (χ4v) is 3.76. The average Bonchev–Trinajstić information content (AvgIpc) is 2.89. The lowest BCUT2D eigenvalue weighted by atomic mass is 10.00. The fourth-order valence-electron chi connectivity index (χ4n) is 2.80. The molecule has 106 valence electrons. The molecule has 0 amide bonds. The zero-order valence-corrected chi connectivity index (χ0v) is 11.9. The summed E-state index contributed by atoms with van der Waals surface area (Å²) in [4.78, 5) is 3.06.